The molecule has 0 saturated carbocycles. The molecule has 7 rings (SSSR count). The molecule has 1 aliphatic carbocycles. The number of nitrogens with zero attached hydrogens (tertiary/aromatic N) is 5. The molecule has 0 bridgehead atoms. The first-order valence-electron chi connectivity index (χ1n) is 16.1. The lowest BCUT2D eigenvalue weighted by Crippen LogP contribution is -2.39. The van der Waals surface area contributed by atoms with Gasteiger partial charge in [0, 0.05) is 58.0 Å². The highest BCUT2D eigenvalue weighted by Gasteiger charge is 2.38. The van der Waals surface area contributed by atoms with Crippen molar-refractivity contribution < 1.29 is 25.2 Å². The number of aromatic nitrogens is 2. The summed E-state index contributed by atoms with van der Waals surface area (Å²) in [7, 11) is 0. The van der Waals surface area contributed by atoms with E-state index in [4.69, 9.17) is 24.2 Å². The Kier molecular flexibility index (Phi) is 8.53. The Morgan fingerprint density at radius 2 is 1.93 bits per heavy atom. The number of benzene rings is 1. The van der Waals surface area contributed by atoms with E-state index in [2.05, 4.69) is 23.2 Å². The van der Waals surface area contributed by atoms with Crippen molar-refractivity contribution in [1.29, 1.82) is 0 Å². The number of anilines is 2. The van der Waals surface area contributed by atoms with Gasteiger partial charge >= 0.3 is 0 Å². The van der Waals surface area contributed by atoms with Gasteiger partial charge in [0.05, 0.1) is 30.5 Å². The molecule has 2 aromatic rings. The molecule has 5 aliphatic rings. The fraction of sp³-hybridized carbons (Fsp3) is 0.471. The number of ether oxygens (including phenoxy) is 3. The predicted molar refractivity (Wildman–Crippen MR) is 171 cm³/mol. The van der Waals surface area contributed by atoms with Crippen LogP contribution in [0.25, 0.3) is 11.1 Å². The Morgan fingerprint density at radius 3 is 2.73 bits per heavy atom. The molecule has 5 heterocycles. The number of rotatable bonds is 8. The van der Waals surface area contributed by atoms with Crippen molar-refractivity contribution in [2.45, 2.75) is 45.1 Å². The molecule has 3 fully saturated rings. The Hall–Kier alpha value is -4.22. The normalized spacial score (nSPS) is 24.9. The number of amides is 2. The van der Waals surface area contributed by atoms with Gasteiger partial charge in [0.2, 0.25) is 23.6 Å². The number of hydrogen-bond donors (Lipinski definition) is 1. The molecule has 11 heteroatoms. The van der Waals surface area contributed by atoms with Crippen LogP contribution in [-0.4, -0.2) is 90.2 Å². The van der Waals surface area contributed by atoms with Gasteiger partial charge in [-0.1, -0.05) is 25.1 Å². The van der Waals surface area contributed by atoms with Crippen LogP contribution in [0.2, 0.25) is 0 Å². The van der Waals surface area contributed by atoms with Gasteiger partial charge < -0.3 is 29.3 Å². The van der Waals surface area contributed by atoms with Gasteiger partial charge in [-0.25, -0.2) is 4.98 Å². The van der Waals surface area contributed by atoms with Gasteiger partial charge in [-0.3, -0.25) is 14.5 Å². The van der Waals surface area contributed by atoms with Gasteiger partial charge in [0.15, 0.2) is 0 Å². The van der Waals surface area contributed by atoms with Crippen molar-refractivity contribution >= 4 is 23.5 Å². The van der Waals surface area contributed by atoms with Crippen molar-refractivity contribution in [3.63, 3.8) is 0 Å². The zero-order valence-electron chi connectivity index (χ0n) is 25.7. The minimum atomic E-state index is 0. The first-order chi connectivity index (χ1) is 22.0. The Balaban J connectivity index is 0.00000372. The van der Waals surface area contributed by atoms with Gasteiger partial charge in [-0.05, 0) is 55.0 Å². The molecule has 1 N–H and O–H groups in total. The maximum Gasteiger partial charge on any atom is 0.230 e. The number of hydrogen-bond acceptors (Lipinski definition) is 9. The Morgan fingerprint density at radius 1 is 1.09 bits per heavy atom. The SMILES string of the molecule is CC1CC=CC2=C(/C=C\1Nc1ncc(-c3ccc(N4CCCC4=O)cc3)c(OCCN3CCOCC3)n1)N1C(=O)CC[C@H]1CO2.[HH]. The topological polar surface area (TPSA) is 109 Å². The average Bonchev–Trinajstić information content (AvgIpc) is 3.66. The standard InChI is InChI=1S/C34H40N6O5.H2/c1-23-4-2-5-30-29(40-26(22-45-30)11-12-32(40)42)20-28(23)36-34-35-21-27(33(37-34)44-19-16-38-14-17-43-18-15-38)24-7-9-25(10-8-24)39-13-3-6-31(39)41;/h2,5,7-10,20-21,23,26H,3-4,6,11-19,22H2,1H3,(H,35,36,37);1H/b5-2?,28-20+;/t23?,26-;/m0./s1. The van der Waals surface area contributed by atoms with Crippen LogP contribution in [0.5, 0.6) is 5.88 Å². The molecule has 11 nitrogen and oxygen atoms in total. The minimum Gasteiger partial charge on any atom is -0.489 e. The van der Waals surface area contributed by atoms with Gasteiger partial charge in [-0.15, -0.1) is 0 Å². The highest BCUT2D eigenvalue weighted by molar-refractivity contribution is 5.95. The highest BCUT2D eigenvalue weighted by atomic mass is 16.5. The maximum atomic E-state index is 12.8. The van der Waals surface area contributed by atoms with E-state index in [0.717, 1.165) is 92.6 Å². The third-order valence-corrected chi connectivity index (χ3v) is 9.17. The van der Waals surface area contributed by atoms with Crippen LogP contribution in [0, 0.1) is 5.92 Å². The maximum absolute atomic E-state index is 12.8. The first-order valence-corrected chi connectivity index (χ1v) is 16.1. The molecular weight excluding hydrogens is 572 g/mol. The molecule has 1 aromatic heterocycles. The van der Waals surface area contributed by atoms with Gasteiger partial charge in [0.1, 0.15) is 19.0 Å². The number of carbonyl (C=O) groups is 2. The first kappa shape index (κ1) is 29.5. The molecule has 1 aromatic carbocycles. The van der Waals surface area contributed by atoms with E-state index in [1.165, 1.54) is 0 Å². The lowest BCUT2D eigenvalue weighted by atomic mass is 9.99. The van der Waals surface area contributed by atoms with Crippen LogP contribution < -0.4 is 15.0 Å². The largest absolute Gasteiger partial charge is 0.489 e. The fourth-order valence-corrected chi connectivity index (χ4v) is 6.54. The van der Waals surface area contributed by atoms with E-state index < -0.39 is 0 Å². The molecule has 0 radical (unpaired) electrons. The number of carbonyl (C=O) groups excluding carboxylic acids is 2. The summed E-state index contributed by atoms with van der Waals surface area (Å²) in [6.45, 7) is 7.87. The van der Waals surface area contributed by atoms with E-state index >= 15 is 0 Å². The molecule has 2 atom stereocenters. The quantitative estimate of drug-likeness (QED) is 0.464. The van der Waals surface area contributed by atoms with E-state index in [-0.39, 0.29) is 25.2 Å². The zero-order valence-corrected chi connectivity index (χ0v) is 25.7. The van der Waals surface area contributed by atoms with Crippen molar-refractivity contribution in [2.75, 3.05) is 62.8 Å². The lowest BCUT2D eigenvalue weighted by Gasteiger charge is -2.33. The molecule has 2 amide bonds. The van der Waals surface area contributed by atoms with Crippen LogP contribution in [0.15, 0.2) is 65.8 Å². The molecule has 0 spiro atoms. The Labute approximate surface area is 265 Å². The van der Waals surface area contributed by atoms with Crippen molar-refractivity contribution in [3.05, 3.63) is 65.8 Å². The second kappa shape index (κ2) is 13.0. The highest BCUT2D eigenvalue weighted by Crippen LogP contribution is 2.36. The van der Waals surface area contributed by atoms with Crippen LogP contribution in [0.1, 0.15) is 40.5 Å². The predicted octanol–water partition coefficient (Wildman–Crippen LogP) is 4.35. The van der Waals surface area contributed by atoms with Gasteiger partial charge in [0.25, 0.3) is 0 Å². The Bertz CT molecular complexity index is 1540. The second-order valence-corrected chi connectivity index (χ2v) is 12.2. The molecule has 3 saturated heterocycles. The molecular formula is C34H42N6O5. The summed E-state index contributed by atoms with van der Waals surface area (Å²) in [5.41, 5.74) is 4.28. The summed E-state index contributed by atoms with van der Waals surface area (Å²) in [6.07, 6.45) is 11.5. The fourth-order valence-electron chi connectivity index (χ4n) is 6.54. The monoisotopic (exact) mass is 614 g/mol. The lowest BCUT2D eigenvalue weighted by molar-refractivity contribution is -0.128. The number of morpholine rings is 1. The van der Waals surface area contributed by atoms with Gasteiger partial charge in [-0.2, -0.15) is 4.98 Å². The number of nitrogens with one attached hydrogen (secondary N) is 1. The van der Waals surface area contributed by atoms with Crippen LogP contribution >= 0.6 is 0 Å². The summed E-state index contributed by atoms with van der Waals surface area (Å²) in [5, 5.41) is 3.46. The van der Waals surface area contributed by atoms with Crippen molar-refractivity contribution in [2.24, 2.45) is 5.92 Å². The van der Waals surface area contributed by atoms with E-state index in [9.17, 15) is 9.59 Å². The summed E-state index contributed by atoms with van der Waals surface area (Å²) in [6, 6.07) is 8.00. The van der Waals surface area contributed by atoms with Crippen LogP contribution in [0.4, 0.5) is 11.6 Å². The van der Waals surface area contributed by atoms with E-state index in [0.29, 0.717) is 37.9 Å². The summed E-state index contributed by atoms with van der Waals surface area (Å²) >= 11 is 0. The van der Waals surface area contributed by atoms with Crippen molar-refractivity contribution in [3.8, 4) is 17.0 Å². The van der Waals surface area contributed by atoms with E-state index in [1.807, 2.05) is 46.2 Å². The summed E-state index contributed by atoms with van der Waals surface area (Å²) in [5.74, 6) is 2.04. The average molecular weight is 615 g/mol. The van der Waals surface area contributed by atoms with E-state index in [1.54, 1.807) is 6.20 Å². The summed E-state index contributed by atoms with van der Waals surface area (Å²) in [4.78, 5) is 40.8. The number of allylic oxidation sites excluding steroid dienone is 4. The molecule has 45 heavy (non-hydrogen) atoms. The minimum absolute atomic E-state index is 0. The molecule has 238 valence electrons. The third-order valence-electron chi connectivity index (χ3n) is 9.17. The van der Waals surface area contributed by atoms with Crippen molar-refractivity contribution in [1.82, 2.24) is 19.8 Å². The summed E-state index contributed by atoms with van der Waals surface area (Å²) < 4.78 is 17.9. The zero-order chi connectivity index (χ0) is 30.8. The molecule has 4 aliphatic heterocycles. The van der Waals surface area contributed by atoms with Crippen LogP contribution in [-0.2, 0) is 19.1 Å². The van der Waals surface area contributed by atoms with Crippen LogP contribution in [0.3, 0.4) is 0 Å². The third kappa shape index (κ3) is 6.32. The second-order valence-electron chi connectivity index (χ2n) is 12.2. The molecule has 1 unspecified atom stereocenters. The smallest absolute Gasteiger partial charge is 0.230 e. The number of fused-ring (bicyclic) bond motifs is 2.